The molecule has 3 rings (SSSR count). The summed E-state index contributed by atoms with van der Waals surface area (Å²) in [6.45, 7) is 0.724. The molecule has 0 saturated heterocycles. The van der Waals surface area contributed by atoms with E-state index >= 15 is 0 Å². The number of hydrogen-bond acceptors (Lipinski definition) is 2. The van der Waals surface area contributed by atoms with Crippen molar-refractivity contribution < 1.29 is 4.74 Å². The van der Waals surface area contributed by atoms with Crippen LogP contribution < -0.4 is 10.5 Å². The molecule has 3 nitrogen and oxygen atoms in total. The number of benzene rings is 1. The first-order chi connectivity index (χ1) is 8.79. The predicted molar refractivity (Wildman–Crippen MR) is 74.1 cm³/mol. The summed E-state index contributed by atoms with van der Waals surface area (Å²) in [6.07, 6.45) is 4.95. The third-order valence-electron chi connectivity index (χ3n) is 4.37. The first-order valence-electron chi connectivity index (χ1n) is 6.65. The topological polar surface area (TPSA) is 51.0 Å². The smallest absolute Gasteiger partial charge is 0.128 e. The van der Waals surface area contributed by atoms with Crippen LogP contribution in [0.25, 0.3) is 10.9 Å². The molecule has 3 heteroatoms. The summed E-state index contributed by atoms with van der Waals surface area (Å²) in [5, 5.41) is 1.16. The molecule has 1 fully saturated rings. The third kappa shape index (κ3) is 1.62. The summed E-state index contributed by atoms with van der Waals surface area (Å²) in [4.78, 5) is 3.54. The van der Waals surface area contributed by atoms with E-state index in [9.17, 15) is 0 Å². The zero-order valence-electron chi connectivity index (χ0n) is 10.8. The van der Waals surface area contributed by atoms with E-state index in [-0.39, 0.29) is 5.41 Å². The Morgan fingerprint density at radius 2 is 2.11 bits per heavy atom. The van der Waals surface area contributed by atoms with Gasteiger partial charge in [-0.2, -0.15) is 0 Å². The van der Waals surface area contributed by atoms with Gasteiger partial charge in [0.05, 0.1) is 7.11 Å². The Balaban J connectivity index is 2.13. The average molecular weight is 244 g/mol. The average Bonchev–Trinajstić information content (AvgIpc) is 3.04. The minimum Gasteiger partial charge on any atom is -0.496 e. The van der Waals surface area contributed by atoms with Crippen LogP contribution in [0.15, 0.2) is 24.3 Å². The number of fused-ring (bicyclic) bond motifs is 1. The second-order valence-corrected chi connectivity index (χ2v) is 5.30. The van der Waals surface area contributed by atoms with Gasteiger partial charge in [0.2, 0.25) is 0 Å². The summed E-state index contributed by atoms with van der Waals surface area (Å²) in [5.41, 5.74) is 8.62. The molecule has 0 radical (unpaired) electrons. The van der Waals surface area contributed by atoms with Crippen LogP contribution in [0.1, 0.15) is 31.4 Å². The summed E-state index contributed by atoms with van der Waals surface area (Å²) in [7, 11) is 1.72. The van der Waals surface area contributed by atoms with Gasteiger partial charge in [-0.1, -0.05) is 18.9 Å². The molecule has 1 heterocycles. The SMILES string of the molecule is COc1cccc2[nH]c(C3(CN)CCCC3)cc12. The summed E-state index contributed by atoms with van der Waals surface area (Å²) in [5.74, 6) is 0.931. The first-order valence-corrected chi connectivity index (χ1v) is 6.65. The molecule has 0 amide bonds. The van der Waals surface area contributed by atoms with Crippen LogP contribution in [0, 0.1) is 0 Å². The third-order valence-corrected chi connectivity index (χ3v) is 4.37. The number of methoxy groups -OCH3 is 1. The molecule has 0 atom stereocenters. The molecule has 0 unspecified atom stereocenters. The van der Waals surface area contributed by atoms with Gasteiger partial charge in [0.1, 0.15) is 5.75 Å². The lowest BCUT2D eigenvalue weighted by Gasteiger charge is -2.25. The molecule has 96 valence electrons. The van der Waals surface area contributed by atoms with Crippen LogP contribution >= 0.6 is 0 Å². The number of H-pyrrole nitrogens is 1. The summed E-state index contributed by atoms with van der Waals surface area (Å²) >= 11 is 0. The lowest BCUT2D eigenvalue weighted by Crippen LogP contribution is -2.32. The molecule has 1 aromatic carbocycles. The Morgan fingerprint density at radius 1 is 1.33 bits per heavy atom. The lowest BCUT2D eigenvalue weighted by molar-refractivity contribution is 0.419. The second-order valence-electron chi connectivity index (χ2n) is 5.30. The molecular formula is C15H20N2O. The molecule has 1 aliphatic rings. The van der Waals surface area contributed by atoms with Gasteiger partial charge < -0.3 is 15.5 Å². The van der Waals surface area contributed by atoms with Crippen molar-refractivity contribution >= 4 is 10.9 Å². The van der Waals surface area contributed by atoms with Crippen LogP contribution in [0.4, 0.5) is 0 Å². The number of aromatic nitrogens is 1. The predicted octanol–water partition coefficient (Wildman–Crippen LogP) is 2.95. The molecule has 0 bridgehead atoms. The molecule has 1 aromatic heterocycles. The van der Waals surface area contributed by atoms with Crippen molar-refractivity contribution in [1.82, 2.24) is 4.98 Å². The zero-order valence-corrected chi connectivity index (χ0v) is 10.8. The van der Waals surface area contributed by atoms with E-state index in [2.05, 4.69) is 17.1 Å². The molecule has 0 aliphatic heterocycles. The highest BCUT2D eigenvalue weighted by Gasteiger charge is 2.35. The number of aromatic amines is 1. The van der Waals surface area contributed by atoms with Crippen LogP contribution in [-0.4, -0.2) is 18.6 Å². The fourth-order valence-electron chi connectivity index (χ4n) is 3.23. The summed E-state index contributed by atoms with van der Waals surface area (Å²) < 4.78 is 5.42. The van der Waals surface area contributed by atoms with Crippen molar-refractivity contribution in [2.24, 2.45) is 5.73 Å². The second kappa shape index (κ2) is 4.32. The Labute approximate surface area is 107 Å². The minimum absolute atomic E-state index is 0.157. The Morgan fingerprint density at radius 3 is 2.78 bits per heavy atom. The molecule has 3 N–H and O–H groups in total. The maximum atomic E-state index is 6.04. The molecule has 18 heavy (non-hydrogen) atoms. The van der Waals surface area contributed by atoms with Gasteiger partial charge in [-0.25, -0.2) is 0 Å². The van der Waals surface area contributed by atoms with Crippen molar-refractivity contribution in [3.8, 4) is 5.75 Å². The fourth-order valence-corrected chi connectivity index (χ4v) is 3.23. The maximum absolute atomic E-state index is 6.04. The van der Waals surface area contributed by atoms with E-state index in [1.807, 2.05) is 12.1 Å². The van der Waals surface area contributed by atoms with E-state index in [0.29, 0.717) is 0 Å². The normalized spacial score (nSPS) is 18.3. The van der Waals surface area contributed by atoms with Crippen LogP contribution in [0.5, 0.6) is 5.75 Å². The number of nitrogens with two attached hydrogens (primary N) is 1. The van der Waals surface area contributed by atoms with Gasteiger partial charge >= 0.3 is 0 Å². The minimum atomic E-state index is 0.157. The van der Waals surface area contributed by atoms with Gasteiger partial charge in [0.15, 0.2) is 0 Å². The van der Waals surface area contributed by atoms with Crippen molar-refractivity contribution in [3.05, 3.63) is 30.0 Å². The monoisotopic (exact) mass is 244 g/mol. The van der Waals surface area contributed by atoms with Crippen molar-refractivity contribution in [2.75, 3.05) is 13.7 Å². The van der Waals surface area contributed by atoms with Crippen LogP contribution in [0.3, 0.4) is 0 Å². The van der Waals surface area contributed by atoms with Gasteiger partial charge in [-0.3, -0.25) is 0 Å². The molecule has 1 aliphatic carbocycles. The quantitative estimate of drug-likeness (QED) is 0.872. The summed E-state index contributed by atoms with van der Waals surface area (Å²) in [6, 6.07) is 8.35. The molecule has 2 aromatic rings. The van der Waals surface area contributed by atoms with E-state index in [4.69, 9.17) is 10.5 Å². The Hall–Kier alpha value is -1.48. The van der Waals surface area contributed by atoms with Gasteiger partial charge in [-0.15, -0.1) is 0 Å². The zero-order chi connectivity index (χ0) is 12.6. The van der Waals surface area contributed by atoms with Gasteiger partial charge in [0, 0.05) is 28.6 Å². The number of hydrogen-bond donors (Lipinski definition) is 2. The van der Waals surface area contributed by atoms with Crippen molar-refractivity contribution in [3.63, 3.8) is 0 Å². The number of nitrogens with one attached hydrogen (secondary N) is 1. The van der Waals surface area contributed by atoms with E-state index in [1.54, 1.807) is 7.11 Å². The maximum Gasteiger partial charge on any atom is 0.128 e. The highest BCUT2D eigenvalue weighted by atomic mass is 16.5. The highest BCUT2D eigenvalue weighted by Crippen LogP contribution is 2.41. The number of rotatable bonds is 3. The van der Waals surface area contributed by atoms with E-state index in [0.717, 1.165) is 23.2 Å². The largest absolute Gasteiger partial charge is 0.496 e. The van der Waals surface area contributed by atoms with Gasteiger partial charge in [-0.05, 0) is 31.0 Å². The van der Waals surface area contributed by atoms with E-state index < -0.39 is 0 Å². The first kappa shape index (κ1) is 11.6. The Kier molecular flexibility index (Phi) is 2.78. The van der Waals surface area contributed by atoms with Crippen LogP contribution in [0.2, 0.25) is 0 Å². The van der Waals surface area contributed by atoms with Crippen molar-refractivity contribution in [1.29, 1.82) is 0 Å². The molecular weight excluding hydrogens is 224 g/mol. The number of ether oxygens (including phenoxy) is 1. The lowest BCUT2D eigenvalue weighted by atomic mass is 9.83. The van der Waals surface area contributed by atoms with Crippen molar-refractivity contribution in [2.45, 2.75) is 31.1 Å². The van der Waals surface area contributed by atoms with Crippen LogP contribution in [-0.2, 0) is 5.41 Å². The molecule has 1 saturated carbocycles. The standard InChI is InChI=1S/C15H20N2O/c1-18-13-6-4-5-12-11(13)9-14(17-12)15(10-16)7-2-3-8-15/h4-6,9,17H,2-3,7-8,10,16H2,1H3. The molecule has 0 spiro atoms. The Bertz CT molecular complexity index is 553. The fraction of sp³-hybridized carbons (Fsp3) is 0.467. The van der Waals surface area contributed by atoms with E-state index in [1.165, 1.54) is 31.4 Å². The van der Waals surface area contributed by atoms with Gasteiger partial charge in [0.25, 0.3) is 0 Å². The highest BCUT2D eigenvalue weighted by molar-refractivity contribution is 5.87.